The van der Waals surface area contributed by atoms with Crippen molar-refractivity contribution in [1.82, 2.24) is 0 Å². The topological polar surface area (TPSA) is 141 Å². The number of aromatic hydroxyl groups is 5. The highest BCUT2D eigenvalue weighted by molar-refractivity contribution is 5.91. The summed E-state index contributed by atoms with van der Waals surface area (Å²) in [6.07, 6.45) is 2.44. The highest BCUT2D eigenvalue weighted by Crippen LogP contribution is 2.43. The molecule has 29 heavy (non-hydrogen) atoms. The van der Waals surface area contributed by atoms with Crippen molar-refractivity contribution in [2.75, 3.05) is 6.61 Å². The minimum atomic E-state index is -0.944. The largest absolute Gasteiger partial charge is 0.504 e. The number of fused-ring (bicyclic) bond motifs is 1. The van der Waals surface area contributed by atoms with Gasteiger partial charge in [-0.05, 0) is 38.5 Å². The number of benzene rings is 2. The highest BCUT2D eigenvalue weighted by Gasteiger charge is 2.23. The van der Waals surface area contributed by atoms with Crippen molar-refractivity contribution in [3.05, 3.63) is 46.1 Å². The number of hydrogen-bond acceptors (Lipinski definition) is 8. The van der Waals surface area contributed by atoms with Crippen molar-refractivity contribution in [3.63, 3.8) is 0 Å². The zero-order valence-electron chi connectivity index (χ0n) is 15.8. The van der Waals surface area contributed by atoms with Gasteiger partial charge in [0.1, 0.15) is 11.0 Å². The lowest BCUT2D eigenvalue weighted by molar-refractivity contribution is 0.289. The van der Waals surface area contributed by atoms with E-state index < -0.39 is 28.4 Å². The van der Waals surface area contributed by atoms with E-state index in [9.17, 15) is 30.3 Å². The van der Waals surface area contributed by atoms with Crippen LogP contribution in [-0.2, 0) is 0 Å². The number of phenolic OH excluding ortho intramolecular Hbond substituents is 4. The van der Waals surface area contributed by atoms with Crippen molar-refractivity contribution in [2.24, 2.45) is 0 Å². The van der Waals surface area contributed by atoms with Crippen LogP contribution in [0.3, 0.4) is 0 Å². The quantitative estimate of drug-likeness (QED) is 0.248. The summed E-state index contributed by atoms with van der Waals surface area (Å²) in [6, 6.07) is 4.67. The van der Waals surface area contributed by atoms with E-state index in [-0.39, 0.29) is 40.4 Å². The Morgan fingerprint density at radius 1 is 1.00 bits per heavy atom. The van der Waals surface area contributed by atoms with Crippen molar-refractivity contribution >= 4 is 11.0 Å². The number of phenols is 4. The maximum absolute atomic E-state index is 12.6. The molecule has 8 heteroatoms. The molecule has 0 aliphatic carbocycles. The molecule has 3 rings (SSSR count). The van der Waals surface area contributed by atoms with Gasteiger partial charge in [-0.15, -0.1) is 0 Å². The minimum absolute atomic E-state index is 0.109. The van der Waals surface area contributed by atoms with E-state index in [2.05, 4.69) is 0 Å². The van der Waals surface area contributed by atoms with Crippen molar-refractivity contribution < 1.29 is 34.7 Å². The Bertz CT molecular complexity index is 1170. The molecule has 0 fully saturated rings. The monoisotopic (exact) mass is 400 g/mol. The molecule has 0 saturated heterocycles. The van der Waals surface area contributed by atoms with Gasteiger partial charge in [-0.3, -0.25) is 4.79 Å². The molecule has 0 amide bonds. The Balaban J connectivity index is 2.11. The molecule has 0 saturated carbocycles. The van der Waals surface area contributed by atoms with Gasteiger partial charge in [-0.25, -0.2) is 0 Å². The third kappa shape index (κ3) is 3.77. The molecule has 1 aromatic heterocycles. The molecule has 0 bridgehead atoms. The zero-order valence-corrected chi connectivity index (χ0v) is 15.8. The van der Waals surface area contributed by atoms with E-state index in [1.807, 2.05) is 19.9 Å². The first-order valence-corrected chi connectivity index (χ1v) is 8.74. The van der Waals surface area contributed by atoms with Gasteiger partial charge >= 0.3 is 0 Å². The summed E-state index contributed by atoms with van der Waals surface area (Å²) in [7, 11) is 0. The van der Waals surface area contributed by atoms with Crippen molar-refractivity contribution in [1.29, 1.82) is 0 Å². The predicted molar refractivity (Wildman–Crippen MR) is 106 cm³/mol. The van der Waals surface area contributed by atoms with Gasteiger partial charge < -0.3 is 34.7 Å². The second kappa shape index (κ2) is 7.67. The van der Waals surface area contributed by atoms with E-state index in [0.29, 0.717) is 6.42 Å². The third-order valence-electron chi connectivity index (χ3n) is 4.22. The second-order valence-electron chi connectivity index (χ2n) is 6.68. The molecular weight excluding hydrogens is 380 g/mol. The first-order chi connectivity index (χ1) is 13.7. The fourth-order valence-corrected chi connectivity index (χ4v) is 2.80. The number of rotatable bonds is 5. The van der Waals surface area contributed by atoms with E-state index in [0.717, 1.165) is 23.8 Å². The van der Waals surface area contributed by atoms with Crippen LogP contribution in [0.15, 0.2) is 45.1 Å². The van der Waals surface area contributed by atoms with Gasteiger partial charge in [-0.1, -0.05) is 11.6 Å². The van der Waals surface area contributed by atoms with Gasteiger partial charge in [0.05, 0.1) is 6.61 Å². The van der Waals surface area contributed by atoms with Crippen LogP contribution < -0.4 is 10.2 Å². The third-order valence-corrected chi connectivity index (χ3v) is 4.22. The average Bonchev–Trinajstić information content (AvgIpc) is 2.65. The van der Waals surface area contributed by atoms with Crippen molar-refractivity contribution in [3.8, 4) is 45.8 Å². The van der Waals surface area contributed by atoms with Crippen LogP contribution in [0, 0.1) is 0 Å². The molecule has 1 heterocycles. The summed E-state index contributed by atoms with van der Waals surface area (Å²) in [6.45, 7) is 3.99. The lowest BCUT2D eigenvalue weighted by Crippen LogP contribution is -2.05. The summed E-state index contributed by atoms with van der Waals surface area (Å²) in [5.74, 6) is -3.35. The maximum atomic E-state index is 12.6. The summed E-state index contributed by atoms with van der Waals surface area (Å²) in [5.41, 5.74) is 0.0548. The van der Waals surface area contributed by atoms with E-state index in [1.165, 1.54) is 6.07 Å². The first-order valence-electron chi connectivity index (χ1n) is 8.74. The Hall–Kier alpha value is -3.81. The molecule has 5 N–H and O–H groups in total. The second-order valence-corrected chi connectivity index (χ2v) is 6.68. The predicted octanol–water partition coefficient (Wildman–Crippen LogP) is 3.72. The zero-order chi connectivity index (χ0) is 21.3. The summed E-state index contributed by atoms with van der Waals surface area (Å²) in [5, 5.41) is 49.6. The Kier molecular flexibility index (Phi) is 5.27. The smallest absolute Gasteiger partial charge is 0.238 e. The van der Waals surface area contributed by atoms with Gasteiger partial charge in [-0.2, -0.15) is 0 Å². The SMILES string of the molecule is CC(C)=CCCOc1c(O)cc2oc(-c3ccc(O)c(O)c3)c(O)c(=O)c2c1O. The van der Waals surface area contributed by atoms with Crippen LogP contribution in [0.25, 0.3) is 22.3 Å². The summed E-state index contributed by atoms with van der Waals surface area (Å²) >= 11 is 0. The van der Waals surface area contributed by atoms with Crippen LogP contribution in [0.5, 0.6) is 34.5 Å². The van der Waals surface area contributed by atoms with Crippen LogP contribution in [0.2, 0.25) is 0 Å². The van der Waals surface area contributed by atoms with Crippen LogP contribution >= 0.6 is 0 Å². The fourth-order valence-electron chi connectivity index (χ4n) is 2.80. The maximum Gasteiger partial charge on any atom is 0.238 e. The lowest BCUT2D eigenvalue weighted by Gasteiger charge is -2.12. The molecule has 0 radical (unpaired) electrons. The molecule has 2 aromatic carbocycles. The van der Waals surface area contributed by atoms with Gasteiger partial charge in [0.2, 0.25) is 16.9 Å². The lowest BCUT2D eigenvalue weighted by atomic mass is 10.1. The fraction of sp³-hybridized carbons (Fsp3) is 0.190. The summed E-state index contributed by atoms with van der Waals surface area (Å²) in [4.78, 5) is 12.6. The molecule has 0 atom stereocenters. The van der Waals surface area contributed by atoms with Crippen molar-refractivity contribution in [2.45, 2.75) is 20.3 Å². The molecular formula is C21H20O8. The number of ether oxygens (including phenoxy) is 1. The van der Waals surface area contributed by atoms with Crippen LogP contribution in [-0.4, -0.2) is 32.1 Å². The highest BCUT2D eigenvalue weighted by atomic mass is 16.5. The molecule has 0 spiro atoms. The Morgan fingerprint density at radius 3 is 2.38 bits per heavy atom. The molecule has 3 aromatic rings. The molecule has 0 unspecified atom stereocenters. The standard InChI is InChI=1S/C21H20O8/c1-10(2)4-3-7-28-21-14(24)9-15-16(18(21)26)17(25)19(27)20(29-15)11-5-6-12(22)13(23)8-11/h4-6,8-9,22-24,26-27H,3,7H2,1-2H3. The number of allylic oxidation sites excluding steroid dienone is 1. The van der Waals surface area contributed by atoms with Gasteiger partial charge in [0, 0.05) is 11.6 Å². The van der Waals surface area contributed by atoms with E-state index >= 15 is 0 Å². The normalized spacial score (nSPS) is 10.8. The average molecular weight is 400 g/mol. The molecule has 0 aliphatic rings. The molecule has 0 aliphatic heterocycles. The van der Waals surface area contributed by atoms with E-state index in [1.54, 1.807) is 0 Å². The minimum Gasteiger partial charge on any atom is -0.504 e. The molecule has 152 valence electrons. The Labute approximate surface area is 165 Å². The van der Waals surface area contributed by atoms with Gasteiger partial charge in [0.25, 0.3) is 0 Å². The molecule has 8 nitrogen and oxygen atoms in total. The van der Waals surface area contributed by atoms with Gasteiger partial charge in [0.15, 0.2) is 28.8 Å². The Morgan fingerprint density at radius 2 is 1.72 bits per heavy atom. The first kappa shape index (κ1) is 19.9. The van der Waals surface area contributed by atoms with Crippen LogP contribution in [0.4, 0.5) is 0 Å². The van der Waals surface area contributed by atoms with Crippen LogP contribution in [0.1, 0.15) is 20.3 Å². The number of hydrogen-bond donors (Lipinski definition) is 5. The van der Waals surface area contributed by atoms with E-state index in [4.69, 9.17) is 9.15 Å². The summed E-state index contributed by atoms with van der Waals surface area (Å²) < 4.78 is 10.9.